The van der Waals surface area contributed by atoms with Crippen LogP contribution in [0.15, 0.2) is 30.3 Å². The van der Waals surface area contributed by atoms with Gasteiger partial charge in [0, 0.05) is 5.39 Å². The molecule has 0 radical (unpaired) electrons. The molecule has 1 aromatic heterocycles. The smallest absolute Gasteiger partial charge is 0.130 e. The predicted octanol–water partition coefficient (Wildman–Crippen LogP) is 3.78. The Morgan fingerprint density at radius 3 is 2.70 bits per heavy atom. The minimum atomic E-state index is -1.36. The highest BCUT2D eigenvalue weighted by molar-refractivity contribution is 7.84. The second-order valence-corrected chi connectivity index (χ2v) is 7.80. The number of fused-ring (bicyclic) bond motifs is 1. The van der Waals surface area contributed by atoms with Crippen molar-refractivity contribution in [2.75, 3.05) is 0 Å². The minimum absolute atomic E-state index is 0.197. The first-order chi connectivity index (χ1) is 9.31. The van der Waals surface area contributed by atoms with Crippen molar-refractivity contribution >= 4 is 33.5 Å². The first-order valence-corrected chi connectivity index (χ1v) is 8.12. The fraction of sp³-hybridized carbons (Fsp3) is 0.400. The van der Waals surface area contributed by atoms with Crippen LogP contribution in [0.1, 0.15) is 38.7 Å². The summed E-state index contributed by atoms with van der Waals surface area (Å²) in [5, 5.41) is 7.14. The molecule has 108 valence electrons. The van der Waals surface area contributed by atoms with Crippen molar-refractivity contribution in [1.29, 1.82) is 0 Å². The van der Waals surface area contributed by atoms with Crippen molar-refractivity contribution in [3.8, 4) is 0 Å². The van der Waals surface area contributed by atoms with Crippen LogP contribution >= 0.6 is 11.6 Å². The van der Waals surface area contributed by atoms with Crippen LogP contribution in [0.2, 0.25) is 5.15 Å². The second-order valence-electron chi connectivity index (χ2n) is 5.71. The fourth-order valence-corrected chi connectivity index (χ4v) is 3.13. The van der Waals surface area contributed by atoms with Gasteiger partial charge >= 0.3 is 0 Å². The third-order valence-corrected chi connectivity index (χ3v) is 5.04. The van der Waals surface area contributed by atoms with Crippen molar-refractivity contribution < 1.29 is 4.21 Å². The second kappa shape index (κ2) is 5.80. The van der Waals surface area contributed by atoms with E-state index in [1.54, 1.807) is 0 Å². The molecular formula is C15H19ClN2OS. The quantitative estimate of drug-likeness (QED) is 0.874. The van der Waals surface area contributed by atoms with Crippen LogP contribution in [0.4, 0.5) is 0 Å². The zero-order valence-electron chi connectivity index (χ0n) is 11.9. The van der Waals surface area contributed by atoms with Gasteiger partial charge in [0.25, 0.3) is 0 Å². The van der Waals surface area contributed by atoms with Crippen LogP contribution < -0.4 is 5.14 Å². The highest BCUT2D eigenvalue weighted by Crippen LogP contribution is 2.33. The summed E-state index contributed by atoms with van der Waals surface area (Å²) in [6.45, 7) is 5.95. The van der Waals surface area contributed by atoms with E-state index in [1.807, 2.05) is 44.2 Å². The van der Waals surface area contributed by atoms with Gasteiger partial charge in [-0.15, -0.1) is 0 Å². The van der Waals surface area contributed by atoms with Crippen molar-refractivity contribution in [3.63, 3.8) is 0 Å². The van der Waals surface area contributed by atoms with Gasteiger partial charge in [0.2, 0.25) is 0 Å². The lowest BCUT2D eigenvalue weighted by Crippen LogP contribution is -2.33. The molecule has 0 bridgehead atoms. The van der Waals surface area contributed by atoms with E-state index in [2.05, 4.69) is 11.9 Å². The molecule has 2 atom stereocenters. The Morgan fingerprint density at radius 1 is 1.40 bits per heavy atom. The van der Waals surface area contributed by atoms with Gasteiger partial charge in [0.15, 0.2) is 0 Å². The van der Waals surface area contributed by atoms with E-state index in [9.17, 15) is 4.21 Å². The number of pyridine rings is 1. The summed E-state index contributed by atoms with van der Waals surface area (Å²) in [7, 11) is -1.36. The molecule has 1 unspecified atom stereocenters. The number of aromatic nitrogens is 1. The Bertz CT molecular complexity index is 657. The number of nitrogens with zero attached hydrogens (tertiary/aromatic N) is 1. The maximum atomic E-state index is 11.6. The van der Waals surface area contributed by atoms with Crippen molar-refractivity contribution in [1.82, 2.24) is 4.98 Å². The molecule has 0 aliphatic heterocycles. The van der Waals surface area contributed by atoms with Crippen LogP contribution in [-0.2, 0) is 11.0 Å². The minimum Gasteiger partial charge on any atom is -0.251 e. The Morgan fingerprint density at radius 2 is 2.05 bits per heavy atom. The van der Waals surface area contributed by atoms with Crippen molar-refractivity contribution in [3.05, 3.63) is 41.0 Å². The molecule has 2 N–H and O–H groups in total. The van der Waals surface area contributed by atoms with Crippen LogP contribution in [0, 0.1) is 0 Å². The van der Waals surface area contributed by atoms with Gasteiger partial charge in [-0.05, 0) is 43.9 Å². The largest absolute Gasteiger partial charge is 0.251 e. The Kier molecular flexibility index (Phi) is 4.47. The first-order valence-electron chi connectivity index (χ1n) is 6.53. The Labute approximate surface area is 127 Å². The maximum Gasteiger partial charge on any atom is 0.130 e. The molecule has 0 saturated heterocycles. The number of hydrogen-bond donors (Lipinski definition) is 1. The van der Waals surface area contributed by atoms with Crippen LogP contribution in [0.5, 0.6) is 0 Å². The molecule has 2 aromatic rings. The molecule has 1 heterocycles. The predicted molar refractivity (Wildman–Crippen MR) is 86.2 cm³/mol. The summed E-state index contributed by atoms with van der Waals surface area (Å²) in [4.78, 5) is 4.33. The van der Waals surface area contributed by atoms with Gasteiger partial charge in [-0.2, -0.15) is 0 Å². The number of hydrogen-bond acceptors (Lipinski definition) is 2. The summed E-state index contributed by atoms with van der Waals surface area (Å²) >= 11 is 6.11. The van der Waals surface area contributed by atoms with Crippen molar-refractivity contribution in [2.24, 2.45) is 5.14 Å². The highest BCUT2D eigenvalue weighted by atomic mass is 35.5. The third-order valence-electron chi connectivity index (χ3n) is 3.59. The molecule has 0 aliphatic rings. The number of nitrogens with two attached hydrogens (primary N) is 1. The molecule has 0 fully saturated rings. The standard InChI is InChI=1S/C15H19ClN2OS/c1-10(9-15(2,3)20(17)19)12-8-14(16)18-13-7-5-4-6-11(12)13/h4-8,10H,9,17H2,1-3H3/t10-,20?/m1/s1. The first kappa shape index (κ1) is 15.4. The molecule has 0 aliphatic carbocycles. The summed E-state index contributed by atoms with van der Waals surface area (Å²) in [5.41, 5.74) is 2.01. The molecule has 2 rings (SSSR count). The zero-order valence-corrected chi connectivity index (χ0v) is 13.5. The summed E-state index contributed by atoms with van der Waals surface area (Å²) in [6.07, 6.45) is 0.723. The number of benzene rings is 1. The SMILES string of the molecule is C[C@H](CC(C)(C)S(N)=O)c1cc(Cl)nc2ccccc12. The van der Waals surface area contributed by atoms with Crippen LogP contribution in [0.3, 0.4) is 0 Å². The lowest BCUT2D eigenvalue weighted by atomic mass is 9.89. The molecule has 20 heavy (non-hydrogen) atoms. The van der Waals surface area contributed by atoms with E-state index in [-0.39, 0.29) is 5.92 Å². The normalized spacial score (nSPS) is 15.2. The van der Waals surface area contributed by atoms with E-state index < -0.39 is 15.7 Å². The monoisotopic (exact) mass is 310 g/mol. The van der Waals surface area contributed by atoms with Gasteiger partial charge < -0.3 is 0 Å². The molecule has 1 aromatic carbocycles. The maximum absolute atomic E-state index is 11.6. The average Bonchev–Trinajstić information content (AvgIpc) is 2.36. The summed E-state index contributed by atoms with van der Waals surface area (Å²) < 4.78 is 11.2. The molecule has 0 spiro atoms. The fourth-order valence-electron chi connectivity index (χ4n) is 2.51. The van der Waals surface area contributed by atoms with Crippen LogP contribution in [-0.4, -0.2) is 13.9 Å². The van der Waals surface area contributed by atoms with E-state index in [0.29, 0.717) is 5.15 Å². The number of para-hydroxylation sites is 1. The molecule has 0 saturated carbocycles. The topological polar surface area (TPSA) is 56.0 Å². The molecule has 5 heteroatoms. The third kappa shape index (κ3) is 3.19. The number of rotatable bonds is 4. The Hall–Kier alpha value is -0.970. The highest BCUT2D eigenvalue weighted by Gasteiger charge is 2.27. The van der Waals surface area contributed by atoms with Gasteiger partial charge in [-0.1, -0.05) is 36.7 Å². The van der Waals surface area contributed by atoms with E-state index in [4.69, 9.17) is 16.7 Å². The zero-order chi connectivity index (χ0) is 14.9. The lowest BCUT2D eigenvalue weighted by Gasteiger charge is -2.26. The van der Waals surface area contributed by atoms with Gasteiger partial charge in [-0.25, -0.2) is 9.19 Å². The lowest BCUT2D eigenvalue weighted by molar-refractivity contribution is 0.542. The van der Waals surface area contributed by atoms with Crippen LogP contribution in [0.25, 0.3) is 10.9 Å². The molecular weight excluding hydrogens is 292 g/mol. The Balaban J connectivity index is 2.44. The van der Waals surface area contributed by atoms with Crippen molar-refractivity contribution in [2.45, 2.75) is 37.9 Å². The van der Waals surface area contributed by atoms with Gasteiger partial charge in [-0.3, -0.25) is 5.14 Å². The molecule has 0 amide bonds. The van der Waals surface area contributed by atoms with E-state index in [1.165, 1.54) is 0 Å². The molecule has 3 nitrogen and oxygen atoms in total. The van der Waals surface area contributed by atoms with E-state index >= 15 is 0 Å². The van der Waals surface area contributed by atoms with Gasteiger partial charge in [0.1, 0.15) is 5.15 Å². The van der Waals surface area contributed by atoms with E-state index in [0.717, 1.165) is 22.9 Å². The van der Waals surface area contributed by atoms with Gasteiger partial charge in [0.05, 0.1) is 21.2 Å². The number of halogens is 1. The summed E-state index contributed by atoms with van der Waals surface area (Å²) in [6, 6.07) is 9.81. The average molecular weight is 311 g/mol. The summed E-state index contributed by atoms with van der Waals surface area (Å²) in [5.74, 6) is 0.197.